The first-order chi connectivity index (χ1) is 11.3. The number of nitrogens with two attached hydrogens (primary N) is 1. The van der Waals surface area contributed by atoms with E-state index in [0.717, 1.165) is 6.07 Å². The van der Waals surface area contributed by atoms with Crippen LogP contribution in [-0.2, 0) is 6.42 Å². The summed E-state index contributed by atoms with van der Waals surface area (Å²) >= 11 is 12.1. The summed E-state index contributed by atoms with van der Waals surface area (Å²) in [7, 11) is 0. The van der Waals surface area contributed by atoms with E-state index in [-0.39, 0.29) is 22.0 Å². The first-order valence-corrected chi connectivity index (χ1v) is 7.95. The number of halogens is 4. The number of hydrogen-bond acceptors (Lipinski definition) is 2. The predicted octanol–water partition coefficient (Wildman–Crippen LogP) is 4.43. The summed E-state index contributed by atoms with van der Waals surface area (Å²) in [6.07, 6.45) is 0.174. The third-order valence-corrected chi connectivity index (χ3v) is 4.19. The van der Waals surface area contributed by atoms with E-state index in [9.17, 15) is 18.7 Å². The van der Waals surface area contributed by atoms with Crippen molar-refractivity contribution >= 4 is 29.1 Å². The molecule has 0 saturated heterocycles. The van der Waals surface area contributed by atoms with Crippen LogP contribution in [0.15, 0.2) is 30.3 Å². The summed E-state index contributed by atoms with van der Waals surface area (Å²) < 4.78 is 26.3. The fourth-order valence-corrected chi connectivity index (χ4v) is 3.18. The molecule has 1 atom stereocenters. The Morgan fingerprint density at radius 2 is 1.62 bits per heavy atom. The molecule has 3 nitrogen and oxygen atoms in total. The summed E-state index contributed by atoms with van der Waals surface area (Å²) in [6.45, 7) is 0. The highest BCUT2D eigenvalue weighted by atomic mass is 35.5. The Kier molecular flexibility index (Phi) is 6.15. The quantitative estimate of drug-likeness (QED) is 0.786. The maximum absolute atomic E-state index is 13.1. The number of carbonyl (C=O) groups excluding carboxylic acids is 1. The molecule has 2 aromatic rings. The second kappa shape index (κ2) is 7.92. The highest BCUT2D eigenvalue weighted by molar-refractivity contribution is 6.36. The molecular weight excluding hydrogens is 359 g/mol. The molecule has 0 heterocycles. The highest BCUT2D eigenvalue weighted by Gasteiger charge is 2.18. The van der Waals surface area contributed by atoms with Crippen LogP contribution < -0.4 is 5.73 Å². The molecule has 0 fully saturated rings. The second-order valence-electron chi connectivity index (χ2n) is 5.40. The molecule has 0 aromatic heterocycles. The van der Waals surface area contributed by atoms with Gasteiger partial charge in [0.2, 0.25) is 5.91 Å². The molecule has 1 amide bonds. The van der Waals surface area contributed by atoms with Crippen LogP contribution in [-0.4, -0.2) is 11.0 Å². The van der Waals surface area contributed by atoms with Crippen molar-refractivity contribution in [2.24, 2.45) is 5.73 Å². The number of amides is 1. The molecular formula is C17H15Cl2F2NO2. The first kappa shape index (κ1) is 18.6. The summed E-state index contributed by atoms with van der Waals surface area (Å²) in [6, 6.07) is 5.98. The topological polar surface area (TPSA) is 63.3 Å². The van der Waals surface area contributed by atoms with E-state index < -0.39 is 23.6 Å². The molecule has 2 rings (SSSR count). The van der Waals surface area contributed by atoms with Gasteiger partial charge in [0.05, 0.1) is 6.10 Å². The van der Waals surface area contributed by atoms with Gasteiger partial charge < -0.3 is 10.8 Å². The maximum Gasteiger partial charge on any atom is 0.248 e. The zero-order chi connectivity index (χ0) is 17.9. The number of hydrogen-bond donors (Lipinski definition) is 2. The third-order valence-electron chi connectivity index (χ3n) is 3.56. The smallest absolute Gasteiger partial charge is 0.248 e. The number of aryl methyl sites for hydroxylation is 1. The van der Waals surface area contributed by atoms with Crippen molar-refractivity contribution < 1.29 is 18.7 Å². The van der Waals surface area contributed by atoms with Gasteiger partial charge in [-0.2, -0.15) is 0 Å². The summed E-state index contributed by atoms with van der Waals surface area (Å²) in [5.41, 5.74) is 6.12. The lowest BCUT2D eigenvalue weighted by molar-refractivity contribution is 0.1000. The largest absolute Gasteiger partial charge is 0.388 e. The molecule has 0 bridgehead atoms. The van der Waals surface area contributed by atoms with E-state index >= 15 is 0 Å². The summed E-state index contributed by atoms with van der Waals surface area (Å²) in [5, 5.41) is 10.5. The van der Waals surface area contributed by atoms with E-state index in [1.807, 2.05) is 0 Å². The monoisotopic (exact) mass is 373 g/mol. The molecule has 0 aliphatic carbocycles. The van der Waals surface area contributed by atoms with Crippen LogP contribution in [0.4, 0.5) is 8.78 Å². The number of benzene rings is 2. The van der Waals surface area contributed by atoms with Crippen molar-refractivity contribution in [1.29, 1.82) is 0 Å². The average Bonchev–Trinajstić information content (AvgIpc) is 2.45. The summed E-state index contributed by atoms with van der Waals surface area (Å²) in [4.78, 5) is 11.2. The van der Waals surface area contributed by atoms with Crippen molar-refractivity contribution in [3.63, 3.8) is 0 Å². The zero-order valence-corrected chi connectivity index (χ0v) is 14.0. The predicted molar refractivity (Wildman–Crippen MR) is 89.2 cm³/mol. The molecule has 1 unspecified atom stereocenters. The van der Waals surface area contributed by atoms with E-state index in [1.165, 1.54) is 24.3 Å². The zero-order valence-electron chi connectivity index (χ0n) is 12.5. The van der Waals surface area contributed by atoms with Gasteiger partial charge in [0.15, 0.2) is 0 Å². The molecule has 0 aliphatic rings. The van der Waals surface area contributed by atoms with Gasteiger partial charge in [0.25, 0.3) is 0 Å². The molecule has 128 valence electrons. The minimum Gasteiger partial charge on any atom is -0.388 e. The first-order valence-electron chi connectivity index (χ1n) is 7.19. The Bertz CT molecular complexity index is 725. The fourth-order valence-electron chi connectivity index (χ4n) is 2.44. The molecule has 0 aliphatic heterocycles. The minimum absolute atomic E-state index is 0.139. The van der Waals surface area contributed by atoms with Crippen molar-refractivity contribution in [2.45, 2.75) is 25.4 Å². The number of carbonyl (C=O) groups is 1. The lowest BCUT2D eigenvalue weighted by Gasteiger charge is -2.15. The van der Waals surface area contributed by atoms with Crippen LogP contribution in [0.2, 0.25) is 10.0 Å². The number of rotatable bonds is 6. The Balaban J connectivity index is 2.05. The van der Waals surface area contributed by atoms with Crippen LogP contribution in [0, 0.1) is 11.6 Å². The van der Waals surface area contributed by atoms with Gasteiger partial charge >= 0.3 is 0 Å². The van der Waals surface area contributed by atoms with Crippen LogP contribution in [0.5, 0.6) is 0 Å². The molecule has 0 radical (unpaired) electrons. The van der Waals surface area contributed by atoms with Crippen LogP contribution >= 0.6 is 23.2 Å². The van der Waals surface area contributed by atoms with Crippen LogP contribution in [0.25, 0.3) is 0 Å². The van der Waals surface area contributed by atoms with Gasteiger partial charge in [-0.05, 0) is 49.1 Å². The second-order valence-corrected chi connectivity index (χ2v) is 6.22. The third kappa shape index (κ3) is 4.66. The Labute approximate surface area is 148 Å². The van der Waals surface area contributed by atoms with E-state index in [1.54, 1.807) is 0 Å². The van der Waals surface area contributed by atoms with Gasteiger partial charge in [0, 0.05) is 27.2 Å². The van der Waals surface area contributed by atoms with E-state index in [4.69, 9.17) is 28.9 Å². The number of aliphatic hydroxyl groups is 1. The number of aliphatic hydroxyl groups excluding tert-OH is 1. The van der Waals surface area contributed by atoms with Crippen molar-refractivity contribution in [1.82, 2.24) is 0 Å². The number of primary amides is 1. The average molecular weight is 374 g/mol. The Morgan fingerprint density at radius 3 is 2.12 bits per heavy atom. The summed E-state index contributed by atoms with van der Waals surface area (Å²) in [5.74, 6) is -1.95. The van der Waals surface area contributed by atoms with Crippen molar-refractivity contribution in [3.8, 4) is 0 Å². The minimum atomic E-state index is -0.967. The maximum atomic E-state index is 13.1. The highest BCUT2D eigenvalue weighted by Crippen LogP contribution is 2.34. The van der Waals surface area contributed by atoms with Gasteiger partial charge in [-0.25, -0.2) is 8.78 Å². The van der Waals surface area contributed by atoms with E-state index in [2.05, 4.69) is 0 Å². The lowest BCUT2D eigenvalue weighted by Crippen LogP contribution is -2.12. The van der Waals surface area contributed by atoms with Crippen molar-refractivity contribution in [2.75, 3.05) is 0 Å². The lowest BCUT2D eigenvalue weighted by atomic mass is 10.00. The molecule has 2 aromatic carbocycles. The van der Waals surface area contributed by atoms with Gasteiger partial charge in [-0.3, -0.25) is 4.79 Å². The van der Waals surface area contributed by atoms with E-state index in [0.29, 0.717) is 24.0 Å². The van der Waals surface area contributed by atoms with Crippen LogP contribution in [0.3, 0.4) is 0 Å². The molecule has 24 heavy (non-hydrogen) atoms. The molecule has 0 saturated carbocycles. The molecule has 0 spiro atoms. The Morgan fingerprint density at radius 1 is 1.08 bits per heavy atom. The molecule has 7 heteroatoms. The SMILES string of the molecule is NC(=O)c1cc(Cl)c(C(O)CCCc2cc(F)cc(F)c2)c(Cl)c1. The fraction of sp³-hybridized carbons (Fsp3) is 0.235. The molecule has 3 N–H and O–H groups in total. The van der Waals surface area contributed by atoms with Gasteiger partial charge in [-0.15, -0.1) is 0 Å². The Hall–Kier alpha value is -1.69. The van der Waals surface area contributed by atoms with Crippen LogP contribution in [0.1, 0.15) is 40.4 Å². The van der Waals surface area contributed by atoms with Crippen molar-refractivity contribution in [3.05, 3.63) is 68.7 Å². The standard InChI is InChI=1S/C17H15Cl2F2NO2/c18-13-6-10(17(22)24)7-14(19)16(13)15(23)3-1-2-9-4-11(20)8-12(21)5-9/h4-8,15,23H,1-3H2,(H2,22,24). The normalized spacial score (nSPS) is 12.2. The van der Waals surface area contributed by atoms with Gasteiger partial charge in [-0.1, -0.05) is 23.2 Å². The van der Waals surface area contributed by atoms with Gasteiger partial charge in [0.1, 0.15) is 11.6 Å².